The molecule has 9 heteroatoms. The number of benzene rings is 1. The molecular formula is C22H30Cl2N4O3. The van der Waals surface area contributed by atoms with Crippen molar-refractivity contribution in [2.24, 2.45) is 5.73 Å². The van der Waals surface area contributed by atoms with Gasteiger partial charge in [-0.25, -0.2) is 9.78 Å². The number of hydrogen-bond donors (Lipinski definition) is 3. The fourth-order valence-electron chi connectivity index (χ4n) is 3.59. The number of aromatic nitrogens is 2. The lowest BCUT2D eigenvalue weighted by Gasteiger charge is -2.27. The van der Waals surface area contributed by atoms with Gasteiger partial charge in [-0.1, -0.05) is 37.3 Å². The van der Waals surface area contributed by atoms with Crippen LogP contribution in [0.2, 0.25) is 0 Å². The van der Waals surface area contributed by atoms with Gasteiger partial charge in [0, 0.05) is 41.9 Å². The number of alkyl halides is 2. The molecule has 4 atom stereocenters. The highest BCUT2D eigenvalue weighted by molar-refractivity contribution is 6.21. The third-order valence-electron chi connectivity index (χ3n) is 5.08. The minimum Gasteiger partial charge on any atom is -0.480 e. The minimum absolute atomic E-state index is 0.144. The normalized spacial score (nSPS) is 16.2. The van der Waals surface area contributed by atoms with E-state index in [-0.39, 0.29) is 17.2 Å². The predicted octanol–water partition coefficient (Wildman–Crippen LogP) is 3.56. The lowest BCUT2D eigenvalue weighted by Crippen LogP contribution is -2.58. The van der Waals surface area contributed by atoms with Crippen LogP contribution < -0.4 is 10.6 Å². The van der Waals surface area contributed by atoms with Gasteiger partial charge < -0.3 is 20.7 Å². The Hall–Kier alpha value is -2.09. The smallest absolute Gasteiger partial charge is 0.331 e. The van der Waals surface area contributed by atoms with E-state index >= 15 is 0 Å². The van der Waals surface area contributed by atoms with Gasteiger partial charge in [-0.15, -0.1) is 23.2 Å². The molecule has 0 fully saturated rings. The third kappa shape index (κ3) is 6.45. The van der Waals surface area contributed by atoms with Gasteiger partial charge in [0.25, 0.3) is 0 Å². The van der Waals surface area contributed by atoms with E-state index in [2.05, 4.69) is 9.97 Å². The zero-order valence-electron chi connectivity index (χ0n) is 18.0. The Labute approximate surface area is 192 Å². The standard InChI is InChI=1S/C22H30Cl2N4O3/c1-4-18(16-8-6-5-7-9-16)19(29)22(25,20(30)31)10-17-11-26-21(27-17)28(12-14(2)23)13-15(3)24/h5-9,11,14-15,18H,4,10,12-13,25H2,1-3H3,(H,26,27)(H,30,31). The van der Waals surface area contributed by atoms with Gasteiger partial charge in [-0.2, -0.15) is 0 Å². The number of aliphatic carboxylic acids is 1. The fourth-order valence-corrected chi connectivity index (χ4v) is 3.92. The number of hydrogen-bond acceptors (Lipinski definition) is 5. The van der Waals surface area contributed by atoms with E-state index in [0.29, 0.717) is 31.2 Å². The number of carbonyl (C=O) groups excluding carboxylic acids is 1. The molecule has 0 bridgehead atoms. The molecule has 4 N–H and O–H groups in total. The van der Waals surface area contributed by atoms with E-state index in [0.717, 1.165) is 5.56 Å². The largest absolute Gasteiger partial charge is 0.480 e. The number of carbonyl (C=O) groups is 2. The summed E-state index contributed by atoms with van der Waals surface area (Å²) in [6.45, 7) is 6.57. The number of H-pyrrole nitrogens is 1. The zero-order chi connectivity index (χ0) is 23.2. The van der Waals surface area contributed by atoms with Crippen LogP contribution >= 0.6 is 23.2 Å². The lowest BCUT2D eigenvalue weighted by atomic mass is 9.79. The number of halogens is 2. The van der Waals surface area contributed by atoms with Gasteiger partial charge in [-0.05, 0) is 25.8 Å². The maximum absolute atomic E-state index is 13.3. The average molecular weight is 469 g/mol. The highest BCUT2D eigenvalue weighted by Gasteiger charge is 2.45. The van der Waals surface area contributed by atoms with Crippen molar-refractivity contribution in [1.82, 2.24) is 9.97 Å². The minimum atomic E-state index is -2.09. The van der Waals surface area contributed by atoms with Gasteiger partial charge in [0.2, 0.25) is 5.95 Å². The lowest BCUT2D eigenvalue weighted by molar-refractivity contribution is -0.148. The molecule has 0 radical (unpaired) electrons. The van der Waals surface area contributed by atoms with Crippen molar-refractivity contribution in [3.05, 3.63) is 47.8 Å². The second-order valence-corrected chi connectivity index (χ2v) is 9.38. The van der Waals surface area contributed by atoms with E-state index in [1.54, 1.807) is 12.1 Å². The van der Waals surface area contributed by atoms with E-state index in [1.165, 1.54) is 6.20 Å². The SMILES string of the molecule is CCC(C(=O)C(N)(Cc1cnc(N(CC(C)Cl)CC(C)Cl)[nH]1)C(=O)O)c1ccccc1. The predicted molar refractivity (Wildman–Crippen MR) is 124 cm³/mol. The maximum Gasteiger partial charge on any atom is 0.331 e. The van der Waals surface area contributed by atoms with Crippen LogP contribution in [-0.2, 0) is 16.0 Å². The molecule has 0 aliphatic heterocycles. The van der Waals surface area contributed by atoms with Crippen LogP contribution in [-0.4, -0.2) is 56.2 Å². The van der Waals surface area contributed by atoms with Gasteiger partial charge in [0.1, 0.15) is 0 Å². The van der Waals surface area contributed by atoms with E-state index in [4.69, 9.17) is 28.9 Å². The highest BCUT2D eigenvalue weighted by Crippen LogP contribution is 2.27. The van der Waals surface area contributed by atoms with Crippen molar-refractivity contribution < 1.29 is 14.7 Å². The molecule has 0 saturated heterocycles. The van der Waals surface area contributed by atoms with E-state index in [9.17, 15) is 14.7 Å². The van der Waals surface area contributed by atoms with Gasteiger partial charge in [-0.3, -0.25) is 4.79 Å². The summed E-state index contributed by atoms with van der Waals surface area (Å²) in [6, 6.07) is 9.09. The Morgan fingerprint density at radius 1 is 1.19 bits per heavy atom. The van der Waals surface area contributed by atoms with Crippen LogP contribution in [0.1, 0.15) is 44.4 Å². The molecule has 4 unspecified atom stereocenters. The number of aromatic amines is 1. The second kappa shape index (κ2) is 11.0. The molecule has 1 heterocycles. The molecule has 1 aromatic carbocycles. The Morgan fingerprint density at radius 2 is 1.77 bits per heavy atom. The molecule has 0 amide bonds. The molecule has 1 aromatic heterocycles. The molecule has 0 aliphatic rings. The molecule has 0 spiro atoms. The Balaban J connectivity index is 2.30. The van der Waals surface area contributed by atoms with Crippen molar-refractivity contribution >= 4 is 40.9 Å². The average Bonchev–Trinajstić information content (AvgIpc) is 3.16. The number of ketones is 1. The highest BCUT2D eigenvalue weighted by atomic mass is 35.5. The summed E-state index contributed by atoms with van der Waals surface area (Å²) in [5, 5.41) is 9.60. The van der Waals surface area contributed by atoms with Gasteiger partial charge >= 0.3 is 5.97 Å². The summed E-state index contributed by atoms with van der Waals surface area (Å²) >= 11 is 12.3. The first-order chi connectivity index (χ1) is 14.6. The number of carboxylic acid groups (broad SMARTS) is 1. The molecule has 2 rings (SSSR count). The fraction of sp³-hybridized carbons (Fsp3) is 0.500. The van der Waals surface area contributed by atoms with Crippen LogP contribution in [0.4, 0.5) is 5.95 Å². The Kier molecular flexibility index (Phi) is 8.91. The molecule has 2 aromatic rings. The first kappa shape index (κ1) is 25.2. The van der Waals surface area contributed by atoms with Crippen molar-refractivity contribution in [2.75, 3.05) is 18.0 Å². The number of imidazole rings is 1. The summed E-state index contributed by atoms with van der Waals surface area (Å²) in [4.78, 5) is 34.7. The summed E-state index contributed by atoms with van der Waals surface area (Å²) in [5.41, 5.74) is 5.33. The van der Waals surface area contributed by atoms with Crippen LogP contribution in [0.5, 0.6) is 0 Å². The summed E-state index contributed by atoms with van der Waals surface area (Å²) in [5.74, 6) is -2.02. The molecule has 170 valence electrons. The number of anilines is 1. The number of rotatable bonds is 12. The molecule has 7 nitrogen and oxygen atoms in total. The monoisotopic (exact) mass is 468 g/mol. The van der Waals surface area contributed by atoms with E-state index < -0.39 is 23.2 Å². The summed E-state index contributed by atoms with van der Waals surface area (Å²) in [6.07, 6.45) is 1.73. The molecular weight excluding hydrogens is 439 g/mol. The Morgan fingerprint density at radius 3 is 2.26 bits per heavy atom. The molecule has 0 saturated carbocycles. The number of nitrogens with one attached hydrogen (secondary N) is 1. The number of nitrogens with two attached hydrogens (primary N) is 1. The molecule has 0 aliphatic carbocycles. The second-order valence-electron chi connectivity index (χ2n) is 7.89. The molecule has 31 heavy (non-hydrogen) atoms. The van der Waals surface area contributed by atoms with Crippen molar-refractivity contribution in [2.45, 2.75) is 55.8 Å². The van der Waals surface area contributed by atoms with Crippen LogP contribution in [0.25, 0.3) is 0 Å². The summed E-state index contributed by atoms with van der Waals surface area (Å²) < 4.78 is 0. The Bertz CT molecular complexity index is 863. The van der Waals surface area contributed by atoms with Crippen LogP contribution in [0, 0.1) is 0 Å². The van der Waals surface area contributed by atoms with Crippen molar-refractivity contribution in [1.29, 1.82) is 0 Å². The topological polar surface area (TPSA) is 112 Å². The summed E-state index contributed by atoms with van der Waals surface area (Å²) in [7, 11) is 0. The van der Waals surface area contributed by atoms with E-state index in [1.807, 2.05) is 43.9 Å². The van der Waals surface area contributed by atoms with Crippen molar-refractivity contribution in [3.8, 4) is 0 Å². The van der Waals surface area contributed by atoms with Crippen molar-refractivity contribution in [3.63, 3.8) is 0 Å². The zero-order valence-corrected chi connectivity index (χ0v) is 19.5. The van der Waals surface area contributed by atoms with Crippen LogP contribution in [0.15, 0.2) is 36.5 Å². The van der Waals surface area contributed by atoms with Crippen LogP contribution in [0.3, 0.4) is 0 Å². The first-order valence-corrected chi connectivity index (χ1v) is 11.1. The van der Waals surface area contributed by atoms with Gasteiger partial charge in [0.15, 0.2) is 11.3 Å². The third-order valence-corrected chi connectivity index (χ3v) is 5.35. The number of nitrogens with zero attached hydrogens (tertiary/aromatic N) is 2. The maximum atomic E-state index is 13.3. The quantitative estimate of drug-likeness (QED) is 0.324. The first-order valence-electron chi connectivity index (χ1n) is 10.3. The number of Topliss-reactive ketones (excluding diaryl/α,β-unsaturated/α-hetero) is 1. The van der Waals surface area contributed by atoms with Gasteiger partial charge in [0.05, 0.1) is 6.20 Å². The number of carboxylic acids is 1.